The highest BCUT2D eigenvalue weighted by atomic mass is 19.1. The number of halogens is 1. The lowest BCUT2D eigenvalue weighted by molar-refractivity contribution is -0.117. The number of nitrogens with one attached hydrogen (secondary N) is 1. The van der Waals surface area contributed by atoms with Crippen LogP contribution in [-0.4, -0.2) is 36.1 Å². The molecular formula is C24H25FN4O2. The molecule has 0 fully saturated rings. The summed E-state index contributed by atoms with van der Waals surface area (Å²) >= 11 is 0. The van der Waals surface area contributed by atoms with Gasteiger partial charge in [-0.2, -0.15) is 5.26 Å². The molecule has 2 aromatic carbocycles. The van der Waals surface area contributed by atoms with Crippen LogP contribution in [0, 0.1) is 31.0 Å². The maximum absolute atomic E-state index is 13.8. The summed E-state index contributed by atoms with van der Waals surface area (Å²) < 4.78 is 20.9. The van der Waals surface area contributed by atoms with E-state index in [1.54, 1.807) is 23.8 Å². The molecule has 0 aliphatic carbocycles. The van der Waals surface area contributed by atoms with Gasteiger partial charge in [-0.05, 0) is 50.7 Å². The van der Waals surface area contributed by atoms with E-state index in [2.05, 4.69) is 11.4 Å². The van der Waals surface area contributed by atoms with Gasteiger partial charge in [0.15, 0.2) is 0 Å². The van der Waals surface area contributed by atoms with E-state index in [4.69, 9.17) is 4.74 Å². The molecule has 6 nitrogen and oxygen atoms in total. The Kier molecular flexibility index (Phi) is 6.73. The molecule has 0 aliphatic rings. The number of para-hydroxylation sites is 1. The lowest BCUT2D eigenvalue weighted by Gasteiger charge is -2.19. The summed E-state index contributed by atoms with van der Waals surface area (Å²) in [5.74, 6) is 0.436. The van der Waals surface area contributed by atoms with Crippen molar-refractivity contribution in [3.8, 4) is 17.5 Å². The second-order valence-electron chi connectivity index (χ2n) is 7.39. The molecule has 0 unspecified atom stereocenters. The number of amides is 1. The van der Waals surface area contributed by atoms with E-state index in [1.165, 1.54) is 12.1 Å². The quantitative estimate of drug-likeness (QED) is 0.622. The molecule has 1 amide bonds. The van der Waals surface area contributed by atoms with E-state index in [1.807, 2.05) is 50.1 Å². The summed E-state index contributed by atoms with van der Waals surface area (Å²) in [4.78, 5) is 14.7. The van der Waals surface area contributed by atoms with Gasteiger partial charge in [0.1, 0.15) is 23.5 Å². The van der Waals surface area contributed by atoms with Gasteiger partial charge in [-0.1, -0.05) is 24.3 Å². The summed E-state index contributed by atoms with van der Waals surface area (Å²) in [6, 6.07) is 15.9. The Bertz CT molecular complexity index is 1150. The topological polar surface area (TPSA) is 70.3 Å². The van der Waals surface area contributed by atoms with Crippen molar-refractivity contribution in [2.45, 2.75) is 20.4 Å². The Morgan fingerprint density at radius 3 is 2.65 bits per heavy atom. The van der Waals surface area contributed by atoms with Crippen molar-refractivity contribution in [1.82, 2.24) is 9.47 Å². The van der Waals surface area contributed by atoms with Crippen molar-refractivity contribution in [2.75, 3.05) is 26.0 Å². The van der Waals surface area contributed by atoms with Crippen LogP contribution >= 0.6 is 0 Å². The van der Waals surface area contributed by atoms with Gasteiger partial charge in [-0.15, -0.1) is 0 Å². The first-order valence-corrected chi connectivity index (χ1v) is 9.84. The fourth-order valence-electron chi connectivity index (χ4n) is 3.60. The first kappa shape index (κ1) is 22.1. The number of carbonyl (C=O) groups is 1. The van der Waals surface area contributed by atoms with Gasteiger partial charge >= 0.3 is 0 Å². The third kappa shape index (κ3) is 4.76. The van der Waals surface area contributed by atoms with Gasteiger partial charge in [-0.3, -0.25) is 14.3 Å². The number of ether oxygens (including phenoxy) is 1. The number of rotatable bonds is 7. The van der Waals surface area contributed by atoms with Gasteiger partial charge in [0, 0.05) is 17.8 Å². The average Bonchev–Trinajstić information content (AvgIpc) is 2.97. The Morgan fingerprint density at radius 2 is 1.97 bits per heavy atom. The normalized spacial score (nSPS) is 10.7. The monoisotopic (exact) mass is 420 g/mol. The Morgan fingerprint density at radius 1 is 1.23 bits per heavy atom. The Balaban J connectivity index is 1.84. The van der Waals surface area contributed by atoms with Crippen molar-refractivity contribution < 1.29 is 13.9 Å². The van der Waals surface area contributed by atoms with Crippen LogP contribution in [0.15, 0.2) is 48.5 Å². The number of methoxy groups -OCH3 is 1. The third-order valence-electron chi connectivity index (χ3n) is 5.20. The molecule has 0 spiro atoms. The van der Waals surface area contributed by atoms with E-state index in [0.717, 1.165) is 22.6 Å². The second-order valence-corrected chi connectivity index (χ2v) is 7.39. The third-order valence-corrected chi connectivity index (χ3v) is 5.20. The Hall–Kier alpha value is -3.63. The minimum Gasteiger partial charge on any atom is -0.496 e. The zero-order chi connectivity index (χ0) is 22.5. The predicted octanol–water partition coefficient (Wildman–Crippen LogP) is 4.18. The average molecular weight is 420 g/mol. The maximum atomic E-state index is 13.8. The number of hydrogen-bond donors (Lipinski definition) is 1. The van der Waals surface area contributed by atoms with Crippen LogP contribution in [0.5, 0.6) is 5.75 Å². The van der Waals surface area contributed by atoms with Gasteiger partial charge in [0.2, 0.25) is 5.91 Å². The van der Waals surface area contributed by atoms with Crippen molar-refractivity contribution in [2.24, 2.45) is 0 Å². The highest BCUT2D eigenvalue weighted by molar-refractivity contribution is 5.93. The first-order chi connectivity index (χ1) is 14.8. The van der Waals surface area contributed by atoms with Crippen molar-refractivity contribution in [1.29, 1.82) is 5.26 Å². The molecule has 0 radical (unpaired) electrons. The summed E-state index contributed by atoms with van der Waals surface area (Å²) in [6.45, 7) is 4.28. The van der Waals surface area contributed by atoms with Crippen molar-refractivity contribution in [3.63, 3.8) is 0 Å². The van der Waals surface area contributed by atoms with E-state index >= 15 is 0 Å². The van der Waals surface area contributed by atoms with E-state index in [-0.39, 0.29) is 12.5 Å². The summed E-state index contributed by atoms with van der Waals surface area (Å²) in [7, 11) is 3.44. The number of hydrogen-bond acceptors (Lipinski definition) is 4. The number of anilines is 1. The molecule has 0 aliphatic heterocycles. The van der Waals surface area contributed by atoms with Crippen LogP contribution in [0.3, 0.4) is 0 Å². The van der Waals surface area contributed by atoms with Gasteiger partial charge < -0.3 is 10.1 Å². The van der Waals surface area contributed by atoms with Crippen LogP contribution in [0.4, 0.5) is 10.2 Å². The number of nitrogens with zero attached hydrogens (tertiary/aromatic N) is 3. The van der Waals surface area contributed by atoms with Gasteiger partial charge in [0.05, 0.1) is 24.9 Å². The van der Waals surface area contributed by atoms with E-state index in [0.29, 0.717) is 23.6 Å². The lowest BCUT2D eigenvalue weighted by Crippen LogP contribution is -2.30. The molecule has 3 aromatic rings. The summed E-state index contributed by atoms with van der Waals surface area (Å²) in [6.07, 6.45) is 0. The molecule has 0 bridgehead atoms. The van der Waals surface area contributed by atoms with Gasteiger partial charge in [0.25, 0.3) is 0 Å². The number of carbonyl (C=O) groups excluding carboxylic acids is 1. The smallest absolute Gasteiger partial charge is 0.239 e. The molecule has 0 atom stereocenters. The molecule has 0 saturated heterocycles. The predicted molar refractivity (Wildman–Crippen MR) is 118 cm³/mol. The van der Waals surface area contributed by atoms with Crippen LogP contribution in [0.25, 0.3) is 5.69 Å². The molecule has 160 valence electrons. The van der Waals surface area contributed by atoms with E-state index in [9.17, 15) is 14.4 Å². The zero-order valence-electron chi connectivity index (χ0n) is 18.1. The maximum Gasteiger partial charge on any atom is 0.239 e. The molecule has 1 N–H and O–H groups in total. The van der Waals surface area contributed by atoms with Gasteiger partial charge in [-0.25, -0.2) is 4.39 Å². The second kappa shape index (κ2) is 9.45. The fraction of sp³-hybridized carbons (Fsp3) is 0.250. The summed E-state index contributed by atoms with van der Waals surface area (Å²) in [5, 5.41) is 12.5. The number of aromatic nitrogens is 1. The van der Waals surface area contributed by atoms with Crippen LogP contribution in [0.1, 0.15) is 22.4 Å². The SMILES string of the molecule is COc1ccccc1CN(C)CC(=O)Nc1c(C#N)c(C)c(C)n1-c1cccc(F)c1. The Labute approximate surface area is 181 Å². The number of likely N-dealkylation sites (N-methyl/N-ethyl adjacent to an activating group) is 1. The zero-order valence-corrected chi connectivity index (χ0v) is 18.1. The minimum absolute atomic E-state index is 0.106. The first-order valence-electron chi connectivity index (χ1n) is 9.84. The van der Waals surface area contributed by atoms with Crippen LogP contribution in [-0.2, 0) is 11.3 Å². The molecule has 7 heteroatoms. The number of nitriles is 1. The largest absolute Gasteiger partial charge is 0.496 e. The molecular weight excluding hydrogens is 395 g/mol. The number of benzene rings is 2. The summed E-state index contributed by atoms with van der Waals surface area (Å²) in [5.41, 5.74) is 3.37. The van der Waals surface area contributed by atoms with E-state index < -0.39 is 5.82 Å². The van der Waals surface area contributed by atoms with Crippen molar-refractivity contribution in [3.05, 3.63) is 76.7 Å². The van der Waals surface area contributed by atoms with Crippen LogP contribution in [0.2, 0.25) is 0 Å². The standard InChI is InChI=1S/C24H25FN4O2/c1-16-17(2)29(20-10-7-9-19(25)12-20)24(21(16)13-26)27-23(30)15-28(3)14-18-8-5-6-11-22(18)31-4/h5-12H,14-15H2,1-4H3,(H,27,30). The molecule has 0 saturated carbocycles. The molecule has 3 rings (SSSR count). The van der Waals surface area contributed by atoms with Crippen LogP contribution < -0.4 is 10.1 Å². The molecule has 31 heavy (non-hydrogen) atoms. The van der Waals surface area contributed by atoms with Crippen molar-refractivity contribution >= 4 is 11.7 Å². The molecule has 1 aromatic heterocycles. The molecule has 1 heterocycles. The highest BCUT2D eigenvalue weighted by Crippen LogP contribution is 2.30. The highest BCUT2D eigenvalue weighted by Gasteiger charge is 2.21. The fourth-order valence-corrected chi connectivity index (χ4v) is 3.60. The minimum atomic E-state index is -0.393. The lowest BCUT2D eigenvalue weighted by atomic mass is 10.2.